The van der Waals surface area contributed by atoms with E-state index < -0.39 is 5.97 Å². The van der Waals surface area contributed by atoms with Gasteiger partial charge < -0.3 is 19.3 Å². The van der Waals surface area contributed by atoms with Gasteiger partial charge in [0, 0.05) is 30.4 Å². The topological polar surface area (TPSA) is 80.5 Å². The number of hydrogen-bond donors (Lipinski definition) is 1. The zero-order chi connectivity index (χ0) is 21.3. The summed E-state index contributed by atoms with van der Waals surface area (Å²) in [5, 5.41) is 10.6. The van der Waals surface area contributed by atoms with Gasteiger partial charge >= 0.3 is 5.97 Å². The van der Waals surface area contributed by atoms with Crippen molar-refractivity contribution in [1.82, 2.24) is 14.5 Å². The summed E-state index contributed by atoms with van der Waals surface area (Å²) in [5.74, 6) is 0.310. The lowest BCUT2D eigenvalue weighted by Gasteiger charge is -2.28. The summed E-state index contributed by atoms with van der Waals surface area (Å²) in [6.45, 7) is 3.64. The van der Waals surface area contributed by atoms with Gasteiger partial charge in [-0.15, -0.1) is 0 Å². The molecule has 1 aliphatic heterocycles. The van der Waals surface area contributed by atoms with Gasteiger partial charge in [-0.2, -0.15) is 0 Å². The van der Waals surface area contributed by atoms with Gasteiger partial charge in [-0.25, -0.2) is 9.97 Å². The number of fused-ring (bicyclic) bond motifs is 1. The van der Waals surface area contributed by atoms with E-state index in [0.29, 0.717) is 28.1 Å². The zero-order valence-electron chi connectivity index (χ0n) is 16.5. The Labute approximate surface area is 184 Å². The van der Waals surface area contributed by atoms with E-state index in [1.807, 2.05) is 22.9 Å². The average Bonchev–Trinajstić information content (AvgIpc) is 3.38. The van der Waals surface area contributed by atoms with Crippen LogP contribution >= 0.6 is 23.2 Å². The highest BCUT2D eigenvalue weighted by molar-refractivity contribution is 6.45. The third kappa shape index (κ3) is 4.10. The second-order valence-electron chi connectivity index (χ2n) is 7.47. The standard InChI is InChI=1S/C21H22Cl2N4O3/c1-13-4-7-27(17(13)11-30-9-5-19(28)29)18-10-16(26-8-6-24-12-26)14-2-3-15(22)20(23)21(14)25-18/h2-3,6,8,10,12-13,17H,4-5,7,9,11H2,1H3,(H,28,29)/t13-,17+/m0/s1. The van der Waals surface area contributed by atoms with Crippen molar-refractivity contribution >= 4 is 45.9 Å². The van der Waals surface area contributed by atoms with Crippen molar-refractivity contribution < 1.29 is 14.6 Å². The van der Waals surface area contributed by atoms with Crippen LogP contribution in [0.25, 0.3) is 16.6 Å². The van der Waals surface area contributed by atoms with Crippen LogP contribution in [-0.2, 0) is 9.53 Å². The number of carboxylic acid groups (broad SMARTS) is 1. The van der Waals surface area contributed by atoms with E-state index in [4.69, 9.17) is 38.0 Å². The van der Waals surface area contributed by atoms with Gasteiger partial charge in [0.15, 0.2) is 0 Å². The minimum Gasteiger partial charge on any atom is -0.481 e. The van der Waals surface area contributed by atoms with Crippen LogP contribution in [0.15, 0.2) is 36.9 Å². The molecule has 0 bridgehead atoms. The Morgan fingerprint density at radius 1 is 1.37 bits per heavy atom. The number of anilines is 1. The van der Waals surface area contributed by atoms with Gasteiger partial charge in [-0.05, 0) is 24.5 Å². The molecular formula is C21H22Cl2N4O3. The Morgan fingerprint density at radius 2 is 2.20 bits per heavy atom. The molecule has 1 saturated heterocycles. The highest BCUT2D eigenvalue weighted by Gasteiger charge is 2.33. The molecule has 0 spiro atoms. The van der Waals surface area contributed by atoms with Crippen molar-refractivity contribution in [2.45, 2.75) is 25.8 Å². The van der Waals surface area contributed by atoms with E-state index in [-0.39, 0.29) is 19.1 Å². The SMILES string of the molecule is C[C@H]1CCN(c2cc(-n3ccnc3)c3ccc(Cl)c(Cl)c3n2)[C@@H]1COCCC(=O)O. The molecule has 158 valence electrons. The van der Waals surface area contributed by atoms with E-state index in [0.717, 1.165) is 29.9 Å². The number of pyridine rings is 1. The smallest absolute Gasteiger partial charge is 0.305 e. The molecule has 1 aromatic carbocycles. The first-order chi connectivity index (χ1) is 14.5. The van der Waals surface area contributed by atoms with Crippen LogP contribution in [0.4, 0.5) is 5.82 Å². The number of benzene rings is 1. The molecule has 0 unspecified atom stereocenters. The van der Waals surface area contributed by atoms with Crippen LogP contribution in [0.2, 0.25) is 10.0 Å². The molecule has 30 heavy (non-hydrogen) atoms. The second kappa shape index (κ2) is 8.79. The molecule has 1 aliphatic rings. The van der Waals surface area contributed by atoms with E-state index in [1.54, 1.807) is 18.6 Å². The molecule has 0 radical (unpaired) electrons. The summed E-state index contributed by atoms with van der Waals surface area (Å²) in [7, 11) is 0. The number of ether oxygens (including phenoxy) is 1. The number of aliphatic carboxylic acids is 1. The van der Waals surface area contributed by atoms with Gasteiger partial charge in [-0.1, -0.05) is 30.1 Å². The van der Waals surface area contributed by atoms with Gasteiger partial charge in [0.2, 0.25) is 0 Å². The second-order valence-corrected chi connectivity index (χ2v) is 8.26. The highest BCUT2D eigenvalue weighted by Crippen LogP contribution is 2.37. The van der Waals surface area contributed by atoms with Crippen molar-refractivity contribution in [3.05, 3.63) is 47.0 Å². The third-order valence-corrected chi connectivity index (χ3v) is 6.34. The van der Waals surface area contributed by atoms with Crippen LogP contribution in [-0.4, -0.2) is 51.4 Å². The minimum absolute atomic E-state index is 0.00574. The molecule has 1 N–H and O–H groups in total. The molecule has 9 heteroatoms. The quantitative estimate of drug-likeness (QED) is 0.538. The summed E-state index contributed by atoms with van der Waals surface area (Å²) < 4.78 is 7.60. The summed E-state index contributed by atoms with van der Waals surface area (Å²) in [5.41, 5.74) is 1.55. The van der Waals surface area contributed by atoms with Gasteiger partial charge in [-0.3, -0.25) is 4.79 Å². The van der Waals surface area contributed by atoms with Crippen LogP contribution < -0.4 is 4.90 Å². The normalized spacial score (nSPS) is 19.0. The molecule has 7 nitrogen and oxygen atoms in total. The fourth-order valence-corrected chi connectivity index (χ4v) is 4.24. The van der Waals surface area contributed by atoms with E-state index in [2.05, 4.69) is 16.8 Å². The predicted molar refractivity (Wildman–Crippen MR) is 117 cm³/mol. The van der Waals surface area contributed by atoms with Crippen molar-refractivity contribution in [2.24, 2.45) is 5.92 Å². The molecule has 3 aromatic rings. The number of rotatable bonds is 7. The number of nitrogens with zero attached hydrogens (tertiary/aromatic N) is 4. The first kappa shape index (κ1) is 20.9. The molecule has 2 aromatic heterocycles. The van der Waals surface area contributed by atoms with Crippen molar-refractivity contribution in [3.8, 4) is 5.69 Å². The Balaban J connectivity index is 1.72. The largest absolute Gasteiger partial charge is 0.481 e. The van der Waals surface area contributed by atoms with E-state index >= 15 is 0 Å². The molecular weight excluding hydrogens is 427 g/mol. The summed E-state index contributed by atoms with van der Waals surface area (Å²) in [4.78, 5) is 22.0. The van der Waals surface area contributed by atoms with Crippen LogP contribution in [0.3, 0.4) is 0 Å². The fraction of sp³-hybridized carbons (Fsp3) is 0.381. The summed E-state index contributed by atoms with van der Waals surface area (Å²) in [6, 6.07) is 5.80. The lowest BCUT2D eigenvalue weighted by molar-refractivity contribution is -0.138. The third-order valence-electron chi connectivity index (χ3n) is 5.55. The molecule has 1 fully saturated rings. The molecule has 0 amide bonds. The van der Waals surface area contributed by atoms with E-state index in [9.17, 15) is 4.79 Å². The Morgan fingerprint density at radius 3 is 2.93 bits per heavy atom. The minimum atomic E-state index is -0.862. The predicted octanol–water partition coefficient (Wildman–Crippen LogP) is 4.43. The Kier molecular flexibility index (Phi) is 6.13. The van der Waals surface area contributed by atoms with E-state index in [1.165, 1.54) is 0 Å². The van der Waals surface area contributed by atoms with Crippen LogP contribution in [0, 0.1) is 5.92 Å². The van der Waals surface area contributed by atoms with Crippen LogP contribution in [0.5, 0.6) is 0 Å². The number of hydrogen-bond acceptors (Lipinski definition) is 5. The molecule has 0 aliphatic carbocycles. The number of carboxylic acids is 1. The molecule has 0 saturated carbocycles. The van der Waals surface area contributed by atoms with Crippen LogP contribution in [0.1, 0.15) is 19.8 Å². The first-order valence-corrected chi connectivity index (χ1v) is 10.5. The lowest BCUT2D eigenvalue weighted by atomic mass is 10.0. The number of halogens is 2. The first-order valence-electron chi connectivity index (χ1n) is 9.79. The lowest BCUT2D eigenvalue weighted by Crippen LogP contribution is -2.37. The van der Waals surface area contributed by atoms with Gasteiger partial charge in [0.1, 0.15) is 5.82 Å². The monoisotopic (exact) mass is 448 g/mol. The zero-order valence-corrected chi connectivity index (χ0v) is 18.0. The summed E-state index contributed by atoms with van der Waals surface area (Å²) >= 11 is 12.8. The van der Waals surface area contributed by atoms with Crippen molar-refractivity contribution in [3.63, 3.8) is 0 Å². The molecule has 2 atom stereocenters. The maximum Gasteiger partial charge on any atom is 0.305 e. The Bertz CT molecular complexity index is 1060. The molecule has 4 rings (SSSR count). The van der Waals surface area contributed by atoms with Crippen molar-refractivity contribution in [2.75, 3.05) is 24.7 Å². The number of aromatic nitrogens is 3. The maximum atomic E-state index is 10.7. The van der Waals surface area contributed by atoms with Gasteiger partial charge in [0.05, 0.1) is 53.3 Å². The van der Waals surface area contributed by atoms with Crippen molar-refractivity contribution in [1.29, 1.82) is 0 Å². The summed E-state index contributed by atoms with van der Waals surface area (Å²) in [6.07, 6.45) is 6.32. The number of carbonyl (C=O) groups is 1. The average molecular weight is 449 g/mol. The fourth-order valence-electron chi connectivity index (χ4n) is 3.88. The number of imidazole rings is 1. The Hall–Kier alpha value is -2.35. The highest BCUT2D eigenvalue weighted by atomic mass is 35.5. The maximum absolute atomic E-state index is 10.7. The molecule has 3 heterocycles. The van der Waals surface area contributed by atoms with Gasteiger partial charge in [0.25, 0.3) is 0 Å².